The van der Waals surface area contributed by atoms with Crippen molar-refractivity contribution in [2.24, 2.45) is 4.99 Å². The Hall–Kier alpha value is -2.23. The van der Waals surface area contributed by atoms with Crippen LogP contribution in [0.3, 0.4) is 0 Å². The summed E-state index contributed by atoms with van der Waals surface area (Å²) in [6.07, 6.45) is 1.51. The summed E-state index contributed by atoms with van der Waals surface area (Å²) in [5.41, 5.74) is 0. The lowest BCUT2D eigenvalue weighted by atomic mass is 10.1. The first-order valence-corrected chi connectivity index (χ1v) is 10.2. The van der Waals surface area contributed by atoms with Gasteiger partial charge in [-0.2, -0.15) is 0 Å². The minimum atomic E-state index is -0.223. The zero-order chi connectivity index (χ0) is 20.5. The Morgan fingerprint density at radius 2 is 1.90 bits per heavy atom. The van der Waals surface area contributed by atoms with Gasteiger partial charge in [-0.25, -0.2) is 4.79 Å². The van der Waals surface area contributed by atoms with Crippen molar-refractivity contribution in [3.8, 4) is 5.75 Å². The average Bonchev–Trinajstić information content (AvgIpc) is 2.76. The largest absolute Gasteiger partial charge is 0.491 e. The lowest BCUT2D eigenvalue weighted by Crippen LogP contribution is -2.50. The number of rotatable bonds is 6. The summed E-state index contributed by atoms with van der Waals surface area (Å²) in [4.78, 5) is 17.8. The van der Waals surface area contributed by atoms with E-state index in [9.17, 15) is 4.79 Å². The second kappa shape index (κ2) is 12.5. The van der Waals surface area contributed by atoms with Crippen molar-refractivity contribution in [3.05, 3.63) is 42.5 Å². The monoisotopic (exact) mass is 526 g/mol. The summed E-state index contributed by atoms with van der Waals surface area (Å²) < 4.78 is 11.0. The average molecular weight is 526 g/mol. The predicted octanol–water partition coefficient (Wildman–Crippen LogP) is 3.62. The van der Waals surface area contributed by atoms with Crippen LogP contribution < -0.4 is 15.4 Å². The number of aliphatic imine (C=N–C) groups is 1. The molecular weight excluding hydrogens is 495 g/mol. The van der Waals surface area contributed by atoms with Gasteiger partial charge < -0.3 is 25.0 Å². The molecule has 0 radical (unpaired) electrons. The highest BCUT2D eigenvalue weighted by atomic mass is 127. The molecule has 2 aromatic carbocycles. The number of hydrogen-bond acceptors (Lipinski definition) is 4. The molecular formula is C22H31IN4O3. The third kappa shape index (κ3) is 6.65. The first-order chi connectivity index (χ1) is 14.2. The lowest BCUT2D eigenvalue weighted by molar-refractivity contribution is 0.0963. The van der Waals surface area contributed by atoms with Gasteiger partial charge in [0, 0.05) is 31.6 Å². The van der Waals surface area contributed by atoms with Crippen LogP contribution in [0.1, 0.15) is 19.8 Å². The standard InChI is InChI=1S/C22H30N4O3.HI/c1-3-28-22(27)26-14-11-18(12-15-26)25-21(23-2)24-13-16-29-20-10-6-8-17-7-4-5-9-19(17)20;/h4-10,18H,3,11-16H2,1-2H3,(H2,23,24,25);1H. The Labute approximate surface area is 195 Å². The van der Waals surface area contributed by atoms with Crippen molar-refractivity contribution in [1.82, 2.24) is 15.5 Å². The second-order valence-corrected chi connectivity index (χ2v) is 6.93. The Balaban J connectivity index is 0.00000320. The maximum Gasteiger partial charge on any atom is 0.409 e. The number of nitrogens with one attached hydrogen (secondary N) is 2. The molecule has 0 aromatic heterocycles. The van der Waals surface area contributed by atoms with Crippen LogP contribution in [-0.4, -0.2) is 62.9 Å². The number of benzene rings is 2. The number of halogens is 1. The van der Waals surface area contributed by atoms with Gasteiger partial charge in [-0.3, -0.25) is 4.99 Å². The molecule has 164 valence electrons. The Morgan fingerprint density at radius 3 is 2.63 bits per heavy atom. The molecule has 7 nitrogen and oxygen atoms in total. The number of nitrogens with zero attached hydrogens (tertiary/aromatic N) is 2. The minimum absolute atomic E-state index is 0. The number of carbonyl (C=O) groups excluding carboxylic acids is 1. The third-order valence-electron chi connectivity index (χ3n) is 4.99. The summed E-state index contributed by atoms with van der Waals surface area (Å²) in [5, 5.41) is 9.02. The summed E-state index contributed by atoms with van der Waals surface area (Å²) in [5.74, 6) is 1.64. The van der Waals surface area contributed by atoms with E-state index < -0.39 is 0 Å². The van der Waals surface area contributed by atoms with E-state index in [1.165, 1.54) is 5.39 Å². The van der Waals surface area contributed by atoms with E-state index in [2.05, 4.69) is 33.8 Å². The van der Waals surface area contributed by atoms with Crippen LogP contribution >= 0.6 is 24.0 Å². The first kappa shape index (κ1) is 24.0. The molecule has 2 N–H and O–H groups in total. The fraction of sp³-hybridized carbons (Fsp3) is 0.455. The van der Waals surface area contributed by atoms with E-state index >= 15 is 0 Å². The molecule has 2 aromatic rings. The van der Waals surface area contributed by atoms with E-state index in [0.717, 1.165) is 29.9 Å². The van der Waals surface area contributed by atoms with Crippen molar-refractivity contribution in [1.29, 1.82) is 0 Å². The lowest BCUT2D eigenvalue weighted by Gasteiger charge is -2.32. The maximum absolute atomic E-state index is 11.8. The number of likely N-dealkylation sites (tertiary alicyclic amines) is 1. The smallest absolute Gasteiger partial charge is 0.409 e. The quantitative estimate of drug-likeness (QED) is 0.260. The molecule has 1 amide bonds. The molecule has 1 fully saturated rings. The van der Waals surface area contributed by atoms with Crippen LogP contribution in [0.4, 0.5) is 4.79 Å². The molecule has 3 rings (SSSR count). The number of amides is 1. The maximum atomic E-state index is 11.8. The molecule has 1 aliphatic rings. The summed E-state index contributed by atoms with van der Waals surface area (Å²) in [6.45, 7) is 4.80. The van der Waals surface area contributed by atoms with Gasteiger partial charge in [0.2, 0.25) is 0 Å². The van der Waals surface area contributed by atoms with Crippen LogP contribution in [0.15, 0.2) is 47.5 Å². The number of ether oxygens (including phenoxy) is 2. The van der Waals surface area contributed by atoms with Gasteiger partial charge >= 0.3 is 6.09 Å². The van der Waals surface area contributed by atoms with Crippen LogP contribution in [0.2, 0.25) is 0 Å². The minimum Gasteiger partial charge on any atom is -0.491 e. The number of guanidine groups is 1. The molecule has 30 heavy (non-hydrogen) atoms. The van der Waals surface area contributed by atoms with Crippen LogP contribution in [0.25, 0.3) is 10.8 Å². The summed E-state index contributed by atoms with van der Waals surface area (Å²) in [6, 6.07) is 14.6. The zero-order valence-electron chi connectivity index (χ0n) is 17.6. The molecule has 1 aliphatic heterocycles. The Kier molecular flexibility index (Phi) is 9.99. The molecule has 0 bridgehead atoms. The van der Waals surface area contributed by atoms with Gasteiger partial charge in [-0.15, -0.1) is 24.0 Å². The normalized spacial score (nSPS) is 14.7. The predicted molar refractivity (Wildman–Crippen MR) is 131 cm³/mol. The molecule has 0 aliphatic carbocycles. The van der Waals surface area contributed by atoms with Crippen molar-refractivity contribution in [3.63, 3.8) is 0 Å². The first-order valence-electron chi connectivity index (χ1n) is 10.2. The van der Waals surface area contributed by atoms with Gasteiger partial charge in [0.25, 0.3) is 0 Å². The number of piperidine rings is 1. The Bertz CT molecular complexity index is 833. The zero-order valence-corrected chi connectivity index (χ0v) is 19.9. The fourth-order valence-electron chi connectivity index (χ4n) is 3.46. The fourth-order valence-corrected chi connectivity index (χ4v) is 3.46. The number of carbonyl (C=O) groups is 1. The summed E-state index contributed by atoms with van der Waals surface area (Å²) in [7, 11) is 1.76. The van der Waals surface area contributed by atoms with E-state index in [-0.39, 0.29) is 36.1 Å². The van der Waals surface area contributed by atoms with E-state index in [0.29, 0.717) is 32.8 Å². The van der Waals surface area contributed by atoms with E-state index in [4.69, 9.17) is 9.47 Å². The third-order valence-corrected chi connectivity index (χ3v) is 4.99. The molecule has 0 unspecified atom stereocenters. The SMILES string of the molecule is CCOC(=O)N1CCC(NC(=NC)NCCOc2cccc3ccccc23)CC1.I. The van der Waals surface area contributed by atoms with Gasteiger partial charge in [0.05, 0.1) is 13.2 Å². The van der Waals surface area contributed by atoms with E-state index in [1.807, 2.05) is 31.2 Å². The van der Waals surface area contributed by atoms with Gasteiger partial charge in [0.1, 0.15) is 12.4 Å². The van der Waals surface area contributed by atoms with Crippen LogP contribution in [0, 0.1) is 0 Å². The van der Waals surface area contributed by atoms with Crippen molar-refractivity contribution < 1.29 is 14.3 Å². The van der Waals surface area contributed by atoms with Crippen molar-refractivity contribution in [2.45, 2.75) is 25.8 Å². The molecule has 1 saturated heterocycles. The van der Waals surface area contributed by atoms with Crippen molar-refractivity contribution >= 4 is 46.8 Å². The Morgan fingerprint density at radius 1 is 1.17 bits per heavy atom. The topological polar surface area (TPSA) is 75.2 Å². The van der Waals surface area contributed by atoms with Gasteiger partial charge in [0.15, 0.2) is 5.96 Å². The van der Waals surface area contributed by atoms with Gasteiger partial charge in [-0.05, 0) is 31.2 Å². The van der Waals surface area contributed by atoms with E-state index in [1.54, 1.807) is 11.9 Å². The van der Waals surface area contributed by atoms with Crippen LogP contribution in [-0.2, 0) is 4.74 Å². The molecule has 0 spiro atoms. The molecule has 8 heteroatoms. The molecule has 0 saturated carbocycles. The highest BCUT2D eigenvalue weighted by Crippen LogP contribution is 2.24. The van der Waals surface area contributed by atoms with Gasteiger partial charge in [-0.1, -0.05) is 36.4 Å². The van der Waals surface area contributed by atoms with Crippen LogP contribution in [0.5, 0.6) is 5.75 Å². The number of hydrogen-bond donors (Lipinski definition) is 2. The van der Waals surface area contributed by atoms with Crippen molar-refractivity contribution in [2.75, 3.05) is 39.9 Å². The molecule has 0 atom stereocenters. The summed E-state index contributed by atoms with van der Waals surface area (Å²) >= 11 is 0. The molecule has 1 heterocycles. The highest BCUT2D eigenvalue weighted by molar-refractivity contribution is 14.0. The highest BCUT2D eigenvalue weighted by Gasteiger charge is 2.23. The second-order valence-electron chi connectivity index (χ2n) is 6.93. The number of fused-ring (bicyclic) bond motifs is 1.